The number of alkyl carbamates (subject to hydrolysis) is 1. The Hall–Kier alpha value is -4.60. The van der Waals surface area contributed by atoms with Gasteiger partial charge in [0.2, 0.25) is 0 Å². The van der Waals surface area contributed by atoms with Crippen LogP contribution in [0.1, 0.15) is 54.2 Å². The van der Waals surface area contributed by atoms with Gasteiger partial charge in [-0.3, -0.25) is 4.79 Å². The number of hydrogen-bond acceptors (Lipinski definition) is 6. The smallest absolute Gasteiger partial charge is 0.407 e. The third kappa shape index (κ3) is 8.69. The van der Waals surface area contributed by atoms with Gasteiger partial charge in [-0.1, -0.05) is 42.0 Å². The second kappa shape index (κ2) is 13.2. The van der Waals surface area contributed by atoms with E-state index in [4.69, 9.17) is 9.47 Å². The average Bonchev–Trinajstić information content (AvgIpc) is 2.88. The molecule has 3 aromatic carbocycles. The second-order valence-corrected chi connectivity index (χ2v) is 10.9. The van der Waals surface area contributed by atoms with Crippen LogP contribution in [0.3, 0.4) is 0 Å². The summed E-state index contributed by atoms with van der Waals surface area (Å²) in [6.07, 6.45) is -0.584. The van der Waals surface area contributed by atoms with Crippen LogP contribution in [-0.2, 0) is 14.3 Å². The van der Waals surface area contributed by atoms with Crippen molar-refractivity contribution in [2.45, 2.75) is 59.6 Å². The first-order valence-corrected chi connectivity index (χ1v) is 13.3. The van der Waals surface area contributed by atoms with Gasteiger partial charge < -0.3 is 30.7 Å². The molecule has 0 aliphatic carbocycles. The van der Waals surface area contributed by atoms with E-state index in [1.54, 1.807) is 32.9 Å². The normalized spacial score (nSPS) is 11.8. The Labute approximate surface area is 240 Å². The van der Waals surface area contributed by atoms with Crippen molar-refractivity contribution >= 4 is 46.1 Å². The molecule has 4 N–H and O–H groups in total. The molecule has 0 spiro atoms. The minimum Gasteiger partial charge on any atom is -0.467 e. The molecule has 0 fully saturated rings. The number of carbonyl (C=O) groups excluding carboxylic acids is 4. The summed E-state index contributed by atoms with van der Waals surface area (Å²) in [5.41, 5.74) is 3.33. The van der Waals surface area contributed by atoms with Gasteiger partial charge in [-0.05, 0) is 82.0 Å². The molecule has 10 nitrogen and oxygen atoms in total. The molecule has 0 radical (unpaired) electrons. The summed E-state index contributed by atoms with van der Waals surface area (Å²) in [4.78, 5) is 51.1. The van der Waals surface area contributed by atoms with E-state index in [9.17, 15) is 19.2 Å². The van der Waals surface area contributed by atoms with Crippen LogP contribution in [-0.4, -0.2) is 49.3 Å². The standard InChI is InChI=1S/C31H38N4O6/c1-18-14-19(2)26(20(3)15-18)35-29(38)34-25-17-22-11-9-8-10-21(22)16-23(25)27(36)33-24(28(37)40-7)12-13-32-30(39)41-31(4,5)6/h8-11,14-17,24H,12-13H2,1-7H3,(H,32,39)(H,33,36)(H2,34,35,38)/t24-/m0/s1. The summed E-state index contributed by atoms with van der Waals surface area (Å²) in [6, 6.07) is 13.1. The lowest BCUT2D eigenvalue weighted by atomic mass is 10.0. The quantitative estimate of drug-likeness (QED) is 0.264. The van der Waals surface area contributed by atoms with Crippen LogP contribution in [0.4, 0.5) is 21.0 Å². The fraction of sp³-hybridized carbons (Fsp3) is 0.355. The van der Waals surface area contributed by atoms with Crippen LogP contribution in [0.5, 0.6) is 0 Å². The summed E-state index contributed by atoms with van der Waals surface area (Å²) in [7, 11) is 1.21. The first kappa shape index (κ1) is 30.9. The van der Waals surface area contributed by atoms with Crippen LogP contribution in [0.2, 0.25) is 0 Å². The van der Waals surface area contributed by atoms with Crippen LogP contribution < -0.4 is 21.3 Å². The molecule has 10 heteroatoms. The number of amides is 4. The van der Waals surface area contributed by atoms with Crippen molar-refractivity contribution in [1.82, 2.24) is 10.6 Å². The largest absolute Gasteiger partial charge is 0.467 e. The molecule has 218 valence electrons. The van der Waals surface area contributed by atoms with Gasteiger partial charge in [0.1, 0.15) is 11.6 Å². The van der Waals surface area contributed by atoms with Crippen molar-refractivity contribution in [3.05, 3.63) is 70.8 Å². The van der Waals surface area contributed by atoms with E-state index in [1.807, 2.05) is 57.2 Å². The van der Waals surface area contributed by atoms with Gasteiger partial charge in [0.05, 0.1) is 18.4 Å². The van der Waals surface area contributed by atoms with E-state index in [1.165, 1.54) is 7.11 Å². The zero-order valence-corrected chi connectivity index (χ0v) is 24.6. The number of esters is 1. The fourth-order valence-electron chi connectivity index (χ4n) is 4.44. The molecule has 0 bridgehead atoms. The van der Waals surface area contributed by atoms with Crippen LogP contribution in [0.15, 0.2) is 48.5 Å². The number of ether oxygens (including phenoxy) is 2. The van der Waals surface area contributed by atoms with Crippen molar-refractivity contribution in [3.8, 4) is 0 Å². The molecule has 0 aliphatic rings. The molecular formula is C31H38N4O6. The van der Waals surface area contributed by atoms with Crippen molar-refractivity contribution < 1.29 is 28.7 Å². The van der Waals surface area contributed by atoms with Crippen molar-refractivity contribution in [2.24, 2.45) is 0 Å². The third-order valence-corrected chi connectivity index (χ3v) is 6.19. The number of hydrogen-bond donors (Lipinski definition) is 4. The summed E-state index contributed by atoms with van der Waals surface area (Å²) >= 11 is 0. The van der Waals surface area contributed by atoms with Crippen molar-refractivity contribution in [2.75, 3.05) is 24.3 Å². The van der Waals surface area contributed by atoms with E-state index in [0.29, 0.717) is 5.69 Å². The zero-order chi connectivity index (χ0) is 30.3. The second-order valence-electron chi connectivity index (χ2n) is 10.9. The molecule has 0 saturated carbocycles. The molecule has 41 heavy (non-hydrogen) atoms. The maximum Gasteiger partial charge on any atom is 0.407 e. The Morgan fingerprint density at radius 3 is 2.07 bits per heavy atom. The molecule has 0 saturated heterocycles. The average molecular weight is 563 g/mol. The van der Waals surface area contributed by atoms with E-state index in [2.05, 4.69) is 21.3 Å². The maximum atomic E-state index is 13.5. The predicted octanol–water partition coefficient (Wildman–Crippen LogP) is 5.60. The van der Waals surface area contributed by atoms with Crippen LogP contribution >= 0.6 is 0 Å². The van der Waals surface area contributed by atoms with Gasteiger partial charge in [0, 0.05) is 12.2 Å². The SMILES string of the molecule is COC(=O)[C@H](CCNC(=O)OC(C)(C)C)NC(=O)c1cc2ccccc2cc1NC(=O)Nc1c(C)cc(C)cc1C. The highest BCUT2D eigenvalue weighted by Gasteiger charge is 2.25. The number of carbonyl (C=O) groups is 4. The van der Waals surface area contributed by atoms with Gasteiger partial charge in [-0.25, -0.2) is 14.4 Å². The van der Waals surface area contributed by atoms with Gasteiger partial charge in [-0.2, -0.15) is 0 Å². The fourth-order valence-corrected chi connectivity index (χ4v) is 4.44. The predicted molar refractivity (Wildman–Crippen MR) is 159 cm³/mol. The lowest BCUT2D eigenvalue weighted by Crippen LogP contribution is -2.44. The number of fused-ring (bicyclic) bond motifs is 1. The third-order valence-electron chi connectivity index (χ3n) is 6.19. The Morgan fingerprint density at radius 1 is 0.878 bits per heavy atom. The molecule has 0 heterocycles. The lowest BCUT2D eigenvalue weighted by molar-refractivity contribution is -0.143. The number of nitrogens with one attached hydrogen (secondary N) is 4. The summed E-state index contributed by atoms with van der Waals surface area (Å²) < 4.78 is 10.1. The number of anilines is 2. The summed E-state index contributed by atoms with van der Waals surface area (Å²) in [5.74, 6) is -1.27. The molecule has 0 aliphatic heterocycles. The minimum absolute atomic E-state index is 0.0510. The number of rotatable bonds is 8. The number of urea groups is 1. The summed E-state index contributed by atoms with van der Waals surface area (Å²) in [6.45, 7) is 11.1. The molecule has 0 unspecified atom stereocenters. The van der Waals surface area contributed by atoms with Gasteiger partial charge in [-0.15, -0.1) is 0 Å². The van der Waals surface area contributed by atoms with Crippen molar-refractivity contribution in [3.63, 3.8) is 0 Å². The Kier molecular flexibility index (Phi) is 9.94. The highest BCUT2D eigenvalue weighted by molar-refractivity contribution is 6.10. The molecule has 3 rings (SSSR count). The highest BCUT2D eigenvalue weighted by Crippen LogP contribution is 2.26. The van der Waals surface area contributed by atoms with E-state index in [0.717, 1.165) is 27.5 Å². The van der Waals surface area contributed by atoms with Crippen molar-refractivity contribution in [1.29, 1.82) is 0 Å². The van der Waals surface area contributed by atoms with Crippen LogP contribution in [0.25, 0.3) is 10.8 Å². The molecule has 4 amide bonds. The number of methoxy groups -OCH3 is 1. The first-order chi connectivity index (χ1) is 19.3. The molecule has 3 aromatic rings. The Balaban J connectivity index is 1.83. The minimum atomic E-state index is -1.06. The van der Waals surface area contributed by atoms with E-state index in [-0.39, 0.29) is 24.2 Å². The number of benzene rings is 3. The highest BCUT2D eigenvalue weighted by atomic mass is 16.6. The number of aryl methyl sites for hydroxylation is 3. The topological polar surface area (TPSA) is 135 Å². The van der Waals surface area contributed by atoms with Gasteiger partial charge in [0.15, 0.2) is 0 Å². The lowest BCUT2D eigenvalue weighted by Gasteiger charge is -2.21. The molecule has 1 atom stereocenters. The van der Waals surface area contributed by atoms with Crippen LogP contribution in [0, 0.1) is 20.8 Å². The zero-order valence-electron chi connectivity index (χ0n) is 24.6. The van der Waals surface area contributed by atoms with E-state index >= 15 is 0 Å². The van der Waals surface area contributed by atoms with Gasteiger partial charge >= 0.3 is 18.1 Å². The van der Waals surface area contributed by atoms with E-state index < -0.39 is 35.6 Å². The maximum absolute atomic E-state index is 13.5. The van der Waals surface area contributed by atoms with Gasteiger partial charge in [0.25, 0.3) is 5.91 Å². The molecule has 0 aromatic heterocycles. The molecular weight excluding hydrogens is 524 g/mol. The summed E-state index contributed by atoms with van der Waals surface area (Å²) in [5, 5.41) is 12.5. The monoisotopic (exact) mass is 562 g/mol. The first-order valence-electron chi connectivity index (χ1n) is 13.3. The Bertz CT molecular complexity index is 1440. The Morgan fingerprint density at radius 2 is 1.49 bits per heavy atom.